The average molecular weight is 490 g/mol. The van der Waals surface area contributed by atoms with E-state index in [1.807, 2.05) is 64.5 Å². The molecular weight excluding hydrogens is 462 g/mol. The fourth-order valence-corrected chi connectivity index (χ4v) is 4.96. The number of piperazine rings is 1. The minimum absolute atomic E-state index is 0.0503. The van der Waals surface area contributed by atoms with Gasteiger partial charge in [-0.05, 0) is 35.7 Å². The molecule has 1 aliphatic rings. The number of H-pyrrole nitrogens is 1. The van der Waals surface area contributed by atoms with Crippen molar-refractivity contribution < 1.29 is 9.59 Å². The van der Waals surface area contributed by atoms with Crippen molar-refractivity contribution in [3.63, 3.8) is 0 Å². The molecule has 1 aliphatic heterocycles. The lowest BCUT2D eigenvalue weighted by Crippen LogP contribution is -2.51. The van der Waals surface area contributed by atoms with Gasteiger partial charge in [0.15, 0.2) is 0 Å². The van der Waals surface area contributed by atoms with Gasteiger partial charge in [0, 0.05) is 48.3 Å². The summed E-state index contributed by atoms with van der Waals surface area (Å²) >= 11 is 6.18. The number of amides is 2. The Bertz CT molecular complexity index is 1380. The lowest BCUT2D eigenvalue weighted by atomic mass is 10.0. The Balaban J connectivity index is 1.27. The van der Waals surface area contributed by atoms with Crippen LogP contribution in [0.5, 0.6) is 0 Å². The maximum atomic E-state index is 13.5. The summed E-state index contributed by atoms with van der Waals surface area (Å²) in [6.07, 6.45) is 3.91. The SMILES string of the molecule is CC(C)c1c(C(=O)N2CCN(C(=O)Cc3c[nH]c4ccccc34)CC2)cnn1-c1cccc(Cl)c1. The van der Waals surface area contributed by atoms with Crippen molar-refractivity contribution >= 4 is 34.3 Å². The minimum atomic E-state index is -0.0503. The average Bonchev–Trinajstić information content (AvgIpc) is 3.49. The normalized spacial score (nSPS) is 14.2. The maximum Gasteiger partial charge on any atom is 0.257 e. The predicted molar refractivity (Wildman–Crippen MR) is 137 cm³/mol. The lowest BCUT2D eigenvalue weighted by Gasteiger charge is -2.35. The van der Waals surface area contributed by atoms with Crippen molar-refractivity contribution in [3.05, 3.63) is 82.8 Å². The van der Waals surface area contributed by atoms with E-state index >= 15 is 0 Å². The van der Waals surface area contributed by atoms with Gasteiger partial charge in [-0.3, -0.25) is 9.59 Å². The van der Waals surface area contributed by atoms with Crippen LogP contribution in [0, 0.1) is 0 Å². The highest BCUT2D eigenvalue weighted by Gasteiger charge is 2.29. The molecule has 0 spiro atoms. The van der Waals surface area contributed by atoms with Crippen LogP contribution >= 0.6 is 11.6 Å². The van der Waals surface area contributed by atoms with Gasteiger partial charge < -0.3 is 14.8 Å². The Morgan fingerprint density at radius 2 is 1.77 bits per heavy atom. The summed E-state index contributed by atoms with van der Waals surface area (Å²) in [7, 11) is 0. The van der Waals surface area contributed by atoms with Crippen molar-refractivity contribution in [3.8, 4) is 5.69 Å². The highest BCUT2D eigenvalue weighted by Crippen LogP contribution is 2.26. The molecule has 5 rings (SSSR count). The van der Waals surface area contributed by atoms with Crippen LogP contribution in [-0.4, -0.2) is 62.6 Å². The molecule has 0 aliphatic carbocycles. The van der Waals surface area contributed by atoms with Crippen LogP contribution in [0.2, 0.25) is 5.02 Å². The first-order valence-corrected chi connectivity index (χ1v) is 12.3. The number of hydrogen-bond acceptors (Lipinski definition) is 3. The molecule has 180 valence electrons. The summed E-state index contributed by atoms with van der Waals surface area (Å²) in [5.74, 6) is 0.124. The van der Waals surface area contributed by atoms with Crippen molar-refractivity contribution in [1.29, 1.82) is 0 Å². The molecule has 0 unspecified atom stereocenters. The van der Waals surface area contributed by atoms with Gasteiger partial charge in [0.05, 0.1) is 29.6 Å². The van der Waals surface area contributed by atoms with Gasteiger partial charge >= 0.3 is 0 Å². The first kappa shape index (κ1) is 23.2. The van der Waals surface area contributed by atoms with E-state index in [-0.39, 0.29) is 17.7 Å². The number of fused-ring (bicyclic) bond motifs is 1. The van der Waals surface area contributed by atoms with Gasteiger partial charge in [-0.25, -0.2) is 4.68 Å². The third-order valence-electron chi connectivity index (χ3n) is 6.57. The molecular formula is C27H28ClN5O2. The van der Waals surface area contributed by atoms with E-state index in [9.17, 15) is 9.59 Å². The number of nitrogens with zero attached hydrogens (tertiary/aromatic N) is 4. The number of aromatic amines is 1. The molecule has 0 atom stereocenters. The summed E-state index contributed by atoms with van der Waals surface area (Å²) in [6, 6.07) is 15.4. The number of hydrogen-bond donors (Lipinski definition) is 1. The number of para-hydroxylation sites is 1. The number of rotatable bonds is 5. The third kappa shape index (κ3) is 4.56. The van der Waals surface area contributed by atoms with Crippen LogP contribution in [0.1, 0.15) is 41.4 Å². The summed E-state index contributed by atoms with van der Waals surface area (Å²) in [5.41, 5.74) is 4.31. The van der Waals surface area contributed by atoms with Gasteiger partial charge in [-0.15, -0.1) is 0 Å². The van der Waals surface area contributed by atoms with E-state index in [0.29, 0.717) is 43.2 Å². The minimum Gasteiger partial charge on any atom is -0.361 e. The zero-order chi connectivity index (χ0) is 24.5. The number of aromatic nitrogens is 3. The summed E-state index contributed by atoms with van der Waals surface area (Å²) in [5, 5.41) is 6.21. The second-order valence-electron chi connectivity index (χ2n) is 9.20. The van der Waals surface area contributed by atoms with E-state index in [0.717, 1.165) is 27.8 Å². The molecule has 2 aromatic carbocycles. The molecule has 0 saturated carbocycles. The van der Waals surface area contributed by atoms with Gasteiger partial charge in [0.1, 0.15) is 0 Å². The molecule has 0 radical (unpaired) electrons. The molecule has 1 N–H and O–H groups in total. The molecule has 8 heteroatoms. The lowest BCUT2D eigenvalue weighted by molar-refractivity contribution is -0.131. The topological polar surface area (TPSA) is 74.2 Å². The van der Waals surface area contributed by atoms with Crippen LogP contribution in [0.15, 0.2) is 60.9 Å². The van der Waals surface area contributed by atoms with E-state index in [2.05, 4.69) is 23.9 Å². The maximum absolute atomic E-state index is 13.5. The Morgan fingerprint density at radius 1 is 1.03 bits per heavy atom. The highest BCUT2D eigenvalue weighted by atomic mass is 35.5. The van der Waals surface area contributed by atoms with Crippen LogP contribution in [0.4, 0.5) is 0 Å². The highest BCUT2D eigenvalue weighted by molar-refractivity contribution is 6.30. The predicted octanol–water partition coefficient (Wildman–Crippen LogP) is 4.66. The molecule has 1 fully saturated rings. The molecule has 2 aromatic heterocycles. The number of carbonyl (C=O) groups excluding carboxylic acids is 2. The van der Waals surface area contributed by atoms with Crippen molar-refractivity contribution in [1.82, 2.24) is 24.6 Å². The van der Waals surface area contributed by atoms with E-state index < -0.39 is 0 Å². The molecule has 3 heterocycles. The quantitative estimate of drug-likeness (QED) is 0.443. The van der Waals surface area contributed by atoms with Gasteiger partial charge in [-0.1, -0.05) is 49.7 Å². The van der Waals surface area contributed by atoms with E-state index in [1.54, 1.807) is 10.9 Å². The first-order chi connectivity index (χ1) is 16.9. The molecule has 35 heavy (non-hydrogen) atoms. The first-order valence-electron chi connectivity index (χ1n) is 11.9. The van der Waals surface area contributed by atoms with Crippen LogP contribution < -0.4 is 0 Å². The van der Waals surface area contributed by atoms with Gasteiger partial charge in [-0.2, -0.15) is 5.10 Å². The van der Waals surface area contributed by atoms with Crippen LogP contribution in [0.25, 0.3) is 16.6 Å². The fraction of sp³-hybridized carbons (Fsp3) is 0.296. The van der Waals surface area contributed by atoms with Crippen molar-refractivity contribution in [2.45, 2.75) is 26.2 Å². The summed E-state index contributed by atoms with van der Waals surface area (Å²) in [6.45, 7) is 6.14. The number of nitrogens with one attached hydrogen (secondary N) is 1. The zero-order valence-electron chi connectivity index (χ0n) is 19.9. The monoisotopic (exact) mass is 489 g/mol. The number of benzene rings is 2. The largest absolute Gasteiger partial charge is 0.361 e. The molecule has 1 saturated heterocycles. The Kier molecular flexibility index (Phi) is 6.34. The van der Waals surface area contributed by atoms with E-state index in [1.165, 1.54) is 0 Å². The van der Waals surface area contributed by atoms with Crippen LogP contribution in [-0.2, 0) is 11.2 Å². The van der Waals surface area contributed by atoms with Gasteiger partial charge in [0.25, 0.3) is 5.91 Å². The van der Waals surface area contributed by atoms with Gasteiger partial charge in [0.2, 0.25) is 5.91 Å². The van der Waals surface area contributed by atoms with Crippen molar-refractivity contribution in [2.75, 3.05) is 26.2 Å². The smallest absolute Gasteiger partial charge is 0.257 e. The van der Waals surface area contributed by atoms with Crippen LogP contribution in [0.3, 0.4) is 0 Å². The third-order valence-corrected chi connectivity index (χ3v) is 6.81. The molecule has 7 nitrogen and oxygen atoms in total. The Labute approximate surface area is 209 Å². The molecule has 4 aromatic rings. The summed E-state index contributed by atoms with van der Waals surface area (Å²) < 4.78 is 1.80. The second kappa shape index (κ2) is 9.58. The van der Waals surface area contributed by atoms with Crippen molar-refractivity contribution in [2.24, 2.45) is 0 Å². The summed E-state index contributed by atoms with van der Waals surface area (Å²) in [4.78, 5) is 33.3. The molecule has 2 amide bonds. The molecule has 0 bridgehead atoms. The van der Waals surface area contributed by atoms with E-state index in [4.69, 9.17) is 11.6 Å². The second-order valence-corrected chi connectivity index (χ2v) is 9.64. The Morgan fingerprint density at radius 3 is 2.51 bits per heavy atom. The zero-order valence-corrected chi connectivity index (χ0v) is 20.6. The Hall–Kier alpha value is -3.58. The fourth-order valence-electron chi connectivity index (χ4n) is 4.77. The number of carbonyl (C=O) groups is 2. The standard InChI is InChI=1S/C27H28ClN5O2/c1-18(2)26-23(17-30-33(26)21-7-5-6-20(28)15-21)27(35)32-12-10-31(11-13-32)25(34)14-19-16-29-24-9-4-3-8-22(19)24/h3-9,15-18,29H,10-14H2,1-2H3. The number of halogens is 1.